The van der Waals surface area contributed by atoms with Gasteiger partial charge in [-0.05, 0) is 43.9 Å². The molecule has 0 aliphatic carbocycles. The van der Waals surface area contributed by atoms with E-state index in [0.29, 0.717) is 11.8 Å². The molecule has 1 rings (SSSR count). The smallest absolute Gasteiger partial charge is 0.130 e. The molecule has 0 heterocycles. The van der Waals surface area contributed by atoms with Crippen LogP contribution in [-0.4, -0.2) is 19.7 Å². The Morgan fingerprint density at radius 2 is 2.11 bits per heavy atom. The zero-order valence-corrected chi connectivity index (χ0v) is 11.6. The van der Waals surface area contributed by atoms with Crippen molar-refractivity contribution in [2.45, 2.75) is 45.6 Å². The van der Waals surface area contributed by atoms with Gasteiger partial charge in [0, 0.05) is 12.1 Å². The minimum atomic E-state index is -0.167. The van der Waals surface area contributed by atoms with Crippen LogP contribution in [0.3, 0.4) is 0 Å². The highest BCUT2D eigenvalue weighted by Crippen LogP contribution is 2.18. The third-order valence-corrected chi connectivity index (χ3v) is 3.20. The van der Waals surface area contributed by atoms with Crippen LogP contribution < -0.4 is 10.1 Å². The van der Waals surface area contributed by atoms with Crippen molar-refractivity contribution in [3.8, 4) is 5.75 Å². The van der Waals surface area contributed by atoms with Gasteiger partial charge >= 0.3 is 0 Å². The van der Waals surface area contributed by atoms with E-state index in [9.17, 15) is 4.39 Å². The van der Waals surface area contributed by atoms with Crippen LogP contribution >= 0.6 is 0 Å². The topological polar surface area (TPSA) is 21.3 Å². The number of halogens is 1. The Morgan fingerprint density at radius 3 is 2.67 bits per heavy atom. The molecule has 0 amide bonds. The molecule has 1 aromatic rings. The van der Waals surface area contributed by atoms with Crippen LogP contribution in [0.25, 0.3) is 0 Å². The molecule has 0 spiro atoms. The third-order valence-electron chi connectivity index (χ3n) is 3.20. The van der Waals surface area contributed by atoms with Gasteiger partial charge in [-0.15, -0.1) is 0 Å². The molecule has 0 saturated heterocycles. The molecular formula is C15H24FNO. The number of methoxy groups -OCH3 is 1. The molecule has 3 heteroatoms. The number of hydrogen-bond donors (Lipinski definition) is 1. The fraction of sp³-hybridized carbons (Fsp3) is 0.600. The lowest BCUT2D eigenvalue weighted by atomic mass is 10.0. The highest BCUT2D eigenvalue weighted by atomic mass is 19.1. The van der Waals surface area contributed by atoms with Crippen LogP contribution in [0.15, 0.2) is 18.2 Å². The van der Waals surface area contributed by atoms with Crippen LogP contribution in [0.1, 0.15) is 38.7 Å². The van der Waals surface area contributed by atoms with Gasteiger partial charge < -0.3 is 10.1 Å². The number of hydrogen-bond acceptors (Lipinski definition) is 2. The molecule has 0 bridgehead atoms. The maximum absolute atomic E-state index is 13.7. The fourth-order valence-electron chi connectivity index (χ4n) is 1.99. The van der Waals surface area contributed by atoms with Gasteiger partial charge in [-0.3, -0.25) is 0 Å². The van der Waals surface area contributed by atoms with Crippen LogP contribution in [0.4, 0.5) is 4.39 Å². The molecule has 18 heavy (non-hydrogen) atoms. The molecule has 102 valence electrons. The van der Waals surface area contributed by atoms with Crippen LogP contribution in [0, 0.1) is 5.82 Å². The Morgan fingerprint density at radius 1 is 1.33 bits per heavy atom. The number of rotatable bonds is 8. The van der Waals surface area contributed by atoms with Gasteiger partial charge in [-0.2, -0.15) is 0 Å². The quantitative estimate of drug-likeness (QED) is 0.765. The summed E-state index contributed by atoms with van der Waals surface area (Å²) in [4.78, 5) is 0. The Bertz CT molecular complexity index is 354. The number of nitrogens with one attached hydrogen (secondary N) is 1. The van der Waals surface area contributed by atoms with Crippen LogP contribution in [-0.2, 0) is 6.42 Å². The molecule has 0 fully saturated rings. The summed E-state index contributed by atoms with van der Waals surface area (Å²) in [6.45, 7) is 5.35. The van der Waals surface area contributed by atoms with Crippen molar-refractivity contribution >= 4 is 0 Å². The second kappa shape index (κ2) is 8.09. The first-order valence-corrected chi connectivity index (χ1v) is 6.77. The second-order valence-corrected chi connectivity index (χ2v) is 4.56. The van der Waals surface area contributed by atoms with Gasteiger partial charge in [0.1, 0.15) is 11.6 Å². The molecular weight excluding hydrogens is 229 g/mol. The van der Waals surface area contributed by atoms with E-state index in [-0.39, 0.29) is 5.82 Å². The average molecular weight is 253 g/mol. The second-order valence-electron chi connectivity index (χ2n) is 4.56. The fourth-order valence-corrected chi connectivity index (χ4v) is 1.99. The molecule has 2 nitrogen and oxygen atoms in total. The molecule has 0 aliphatic heterocycles. The lowest BCUT2D eigenvalue weighted by Crippen LogP contribution is -2.29. The molecule has 1 unspecified atom stereocenters. The van der Waals surface area contributed by atoms with Crippen molar-refractivity contribution in [1.82, 2.24) is 5.32 Å². The Balaban J connectivity index is 2.51. The minimum Gasteiger partial charge on any atom is -0.497 e. The summed E-state index contributed by atoms with van der Waals surface area (Å²) in [7, 11) is 1.55. The first-order chi connectivity index (χ1) is 8.71. The zero-order chi connectivity index (χ0) is 13.4. The van der Waals surface area contributed by atoms with Gasteiger partial charge in [0.15, 0.2) is 0 Å². The van der Waals surface area contributed by atoms with Gasteiger partial charge in [-0.25, -0.2) is 4.39 Å². The molecule has 1 N–H and O–H groups in total. The highest BCUT2D eigenvalue weighted by molar-refractivity contribution is 5.28. The summed E-state index contributed by atoms with van der Waals surface area (Å²) in [6, 6.07) is 5.57. The van der Waals surface area contributed by atoms with Crippen molar-refractivity contribution in [3.63, 3.8) is 0 Å². The van der Waals surface area contributed by atoms with Gasteiger partial charge in [0.05, 0.1) is 7.11 Å². The van der Waals surface area contributed by atoms with E-state index in [4.69, 9.17) is 4.74 Å². The summed E-state index contributed by atoms with van der Waals surface area (Å²) < 4.78 is 18.7. The monoisotopic (exact) mass is 253 g/mol. The van der Waals surface area contributed by atoms with E-state index in [0.717, 1.165) is 37.8 Å². The molecule has 1 aromatic carbocycles. The number of benzene rings is 1. The first-order valence-electron chi connectivity index (χ1n) is 6.77. The lowest BCUT2D eigenvalue weighted by Gasteiger charge is -2.16. The maximum Gasteiger partial charge on any atom is 0.130 e. The summed E-state index contributed by atoms with van der Waals surface area (Å²) >= 11 is 0. The summed E-state index contributed by atoms with van der Waals surface area (Å²) in [5.74, 6) is 0.409. The van der Waals surface area contributed by atoms with Crippen molar-refractivity contribution in [3.05, 3.63) is 29.6 Å². The van der Waals surface area contributed by atoms with Crippen molar-refractivity contribution < 1.29 is 9.13 Å². The van der Waals surface area contributed by atoms with Gasteiger partial charge in [0.2, 0.25) is 0 Å². The molecule has 1 atom stereocenters. The maximum atomic E-state index is 13.7. The largest absolute Gasteiger partial charge is 0.497 e. The molecule has 0 aromatic heterocycles. The SMILES string of the molecule is CCCNC(CC)CCc1ccc(OC)cc1F. The van der Waals surface area contributed by atoms with Gasteiger partial charge in [0.25, 0.3) is 0 Å². The van der Waals surface area contributed by atoms with Crippen LogP contribution in [0.5, 0.6) is 5.75 Å². The Hall–Kier alpha value is -1.09. The van der Waals surface area contributed by atoms with E-state index in [2.05, 4.69) is 19.2 Å². The lowest BCUT2D eigenvalue weighted by molar-refractivity contribution is 0.410. The minimum absolute atomic E-state index is 0.167. The normalized spacial score (nSPS) is 12.4. The predicted molar refractivity (Wildman–Crippen MR) is 73.6 cm³/mol. The highest BCUT2D eigenvalue weighted by Gasteiger charge is 2.08. The Kier molecular flexibility index (Phi) is 6.73. The number of ether oxygens (including phenoxy) is 1. The van der Waals surface area contributed by atoms with Crippen molar-refractivity contribution in [2.75, 3.05) is 13.7 Å². The van der Waals surface area contributed by atoms with E-state index < -0.39 is 0 Å². The molecule has 0 aliphatic rings. The van der Waals surface area contributed by atoms with E-state index in [1.807, 2.05) is 12.1 Å². The zero-order valence-electron chi connectivity index (χ0n) is 11.6. The van der Waals surface area contributed by atoms with Crippen molar-refractivity contribution in [1.29, 1.82) is 0 Å². The van der Waals surface area contributed by atoms with E-state index in [1.165, 1.54) is 6.07 Å². The average Bonchev–Trinajstić information content (AvgIpc) is 2.40. The Labute approximate surface area is 110 Å². The van der Waals surface area contributed by atoms with Crippen LogP contribution in [0.2, 0.25) is 0 Å². The summed E-state index contributed by atoms with van der Waals surface area (Å²) in [5, 5.41) is 3.48. The molecule has 0 saturated carbocycles. The van der Waals surface area contributed by atoms with Crippen molar-refractivity contribution in [2.24, 2.45) is 0 Å². The van der Waals surface area contributed by atoms with E-state index >= 15 is 0 Å². The number of aryl methyl sites for hydroxylation is 1. The third kappa shape index (κ3) is 4.65. The first kappa shape index (κ1) is 15.0. The summed E-state index contributed by atoms with van der Waals surface area (Å²) in [5.41, 5.74) is 0.771. The predicted octanol–water partition coefficient (Wildman–Crippen LogP) is 3.55. The summed E-state index contributed by atoms with van der Waals surface area (Å²) in [6.07, 6.45) is 3.95. The van der Waals surface area contributed by atoms with Gasteiger partial charge in [-0.1, -0.05) is 19.9 Å². The van der Waals surface area contributed by atoms with E-state index in [1.54, 1.807) is 7.11 Å². The standard InChI is InChI=1S/C15H24FNO/c1-4-10-17-13(5-2)8-6-12-7-9-14(18-3)11-15(12)16/h7,9,11,13,17H,4-6,8,10H2,1-3H3. The molecule has 0 radical (unpaired) electrons.